The molecule has 6 heteroatoms. The van der Waals surface area contributed by atoms with E-state index in [1.165, 1.54) is 12.0 Å². The number of nitrogens with zero attached hydrogens (tertiary/aromatic N) is 1. The fraction of sp³-hybridized carbons (Fsp3) is 0.172. The van der Waals surface area contributed by atoms with E-state index >= 15 is 0 Å². The molecule has 35 heavy (non-hydrogen) atoms. The zero-order valence-corrected chi connectivity index (χ0v) is 19.5. The molecule has 0 bridgehead atoms. The molecule has 0 aliphatic rings. The molecule has 0 aliphatic carbocycles. The SMILES string of the molecule is COC(=O)N(CCOc1ccc(CCC(=O)O)cc1-c1ccc2ccccc2c1)c1ccccc1. The fourth-order valence-electron chi connectivity index (χ4n) is 3.98. The van der Waals surface area contributed by atoms with Gasteiger partial charge in [0.1, 0.15) is 12.4 Å². The number of fused-ring (bicyclic) bond motifs is 1. The topological polar surface area (TPSA) is 76.1 Å². The minimum absolute atomic E-state index is 0.0581. The molecule has 0 radical (unpaired) electrons. The van der Waals surface area contributed by atoms with Crippen LogP contribution in [0.2, 0.25) is 0 Å². The van der Waals surface area contributed by atoms with Crippen molar-refractivity contribution in [3.8, 4) is 16.9 Å². The van der Waals surface area contributed by atoms with Crippen molar-refractivity contribution in [3.63, 3.8) is 0 Å². The van der Waals surface area contributed by atoms with E-state index < -0.39 is 12.1 Å². The maximum absolute atomic E-state index is 12.3. The van der Waals surface area contributed by atoms with Crippen molar-refractivity contribution in [2.45, 2.75) is 12.8 Å². The summed E-state index contributed by atoms with van der Waals surface area (Å²) in [5.41, 5.74) is 3.50. The lowest BCUT2D eigenvalue weighted by Crippen LogP contribution is -2.34. The summed E-state index contributed by atoms with van der Waals surface area (Å²) in [4.78, 5) is 24.9. The molecule has 0 saturated heterocycles. The predicted molar refractivity (Wildman–Crippen MR) is 137 cm³/mol. The maximum atomic E-state index is 12.3. The molecule has 0 aromatic heterocycles. The van der Waals surface area contributed by atoms with Crippen molar-refractivity contribution in [2.75, 3.05) is 25.2 Å². The van der Waals surface area contributed by atoms with Gasteiger partial charge in [0.15, 0.2) is 0 Å². The number of aliphatic carboxylic acids is 1. The van der Waals surface area contributed by atoms with E-state index in [1.807, 2.05) is 66.7 Å². The van der Waals surface area contributed by atoms with Gasteiger partial charge in [-0.05, 0) is 58.7 Å². The zero-order valence-electron chi connectivity index (χ0n) is 19.5. The van der Waals surface area contributed by atoms with Crippen LogP contribution in [0.25, 0.3) is 21.9 Å². The summed E-state index contributed by atoms with van der Waals surface area (Å²) in [5.74, 6) is -0.168. The summed E-state index contributed by atoms with van der Waals surface area (Å²) in [5, 5.41) is 11.3. The minimum atomic E-state index is -0.832. The van der Waals surface area contributed by atoms with Crippen LogP contribution in [-0.2, 0) is 16.0 Å². The lowest BCUT2D eigenvalue weighted by Gasteiger charge is -2.22. The van der Waals surface area contributed by atoms with Gasteiger partial charge >= 0.3 is 12.1 Å². The van der Waals surface area contributed by atoms with Gasteiger partial charge in [-0.1, -0.05) is 60.7 Å². The van der Waals surface area contributed by atoms with Gasteiger partial charge in [-0.2, -0.15) is 0 Å². The number of para-hydroxylation sites is 1. The number of ether oxygens (including phenoxy) is 2. The number of carboxylic acids is 1. The third-order valence-electron chi connectivity index (χ3n) is 5.77. The lowest BCUT2D eigenvalue weighted by molar-refractivity contribution is -0.136. The van der Waals surface area contributed by atoms with E-state index in [0.717, 1.165) is 33.2 Å². The molecule has 4 aromatic carbocycles. The molecular formula is C29H27NO5. The van der Waals surface area contributed by atoms with Crippen LogP contribution in [0.4, 0.5) is 10.5 Å². The molecule has 178 valence electrons. The Morgan fingerprint density at radius 3 is 2.34 bits per heavy atom. The number of rotatable bonds is 9. The summed E-state index contributed by atoms with van der Waals surface area (Å²) < 4.78 is 11.1. The Kier molecular flexibility index (Phi) is 7.63. The van der Waals surface area contributed by atoms with Gasteiger partial charge in [-0.25, -0.2) is 4.79 Å². The lowest BCUT2D eigenvalue weighted by atomic mass is 9.97. The molecule has 0 aliphatic heterocycles. The average Bonchev–Trinajstić information content (AvgIpc) is 2.90. The molecule has 1 amide bonds. The van der Waals surface area contributed by atoms with Crippen LogP contribution in [0.15, 0.2) is 91.0 Å². The first kappa shape index (κ1) is 23.8. The van der Waals surface area contributed by atoms with Crippen LogP contribution < -0.4 is 9.64 Å². The number of hydrogen-bond donors (Lipinski definition) is 1. The van der Waals surface area contributed by atoms with Crippen LogP contribution in [0.5, 0.6) is 5.75 Å². The molecular weight excluding hydrogens is 442 g/mol. The first-order chi connectivity index (χ1) is 17.0. The number of benzene rings is 4. The third-order valence-corrected chi connectivity index (χ3v) is 5.77. The highest BCUT2D eigenvalue weighted by atomic mass is 16.5. The molecule has 0 unspecified atom stereocenters. The Balaban J connectivity index is 1.60. The van der Waals surface area contributed by atoms with Crippen LogP contribution in [0.3, 0.4) is 0 Å². The first-order valence-electron chi connectivity index (χ1n) is 11.4. The minimum Gasteiger partial charge on any atom is -0.491 e. The summed E-state index contributed by atoms with van der Waals surface area (Å²) in [6.07, 6.45) is 0.0293. The highest BCUT2D eigenvalue weighted by Gasteiger charge is 2.17. The number of carbonyl (C=O) groups is 2. The van der Waals surface area contributed by atoms with Gasteiger partial charge in [-0.15, -0.1) is 0 Å². The Hall–Kier alpha value is -4.32. The first-order valence-corrected chi connectivity index (χ1v) is 11.4. The third kappa shape index (κ3) is 5.98. The van der Waals surface area contributed by atoms with Crippen molar-refractivity contribution in [1.29, 1.82) is 0 Å². The van der Waals surface area contributed by atoms with Crippen LogP contribution in [0, 0.1) is 0 Å². The molecule has 4 aromatic rings. The van der Waals surface area contributed by atoms with Crippen molar-refractivity contribution >= 4 is 28.5 Å². The van der Waals surface area contributed by atoms with Gasteiger partial charge in [0.2, 0.25) is 0 Å². The second kappa shape index (κ2) is 11.2. The summed E-state index contributed by atoms with van der Waals surface area (Å²) >= 11 is 0. The quantitative estimate of drug-likeness (QED) is 0.317. The van der Waals surface area contributed by atoms with Crippen molar-refractivity contribution < 1.29 is 24.2 Å². The largest absolute Gasteiger partial charge is 0.491 e. The summed E-state index contributed by atoms with van der Waals surface area (Å²) in [6.45, 7) is 0.549. The van der Waals surface area contributed by atoms with Gasteiger partial charge in [0.05, 0.1) is 13.7 Å². The van der Waals surface area contributed by atoms with Crippen molar-refractivity contribution in [1.82, 2.24) is 0 Å². The smallest absolute Gasteiger partial charge is 0.414 e. The molecule has 0 spiro atoms. The van der Waals surface area contributed by atoms with Crippen LogP contribution >= 0.6 is 0 Å². The Morgan fingerprint density at radius 1 is 0.857 bits per heavy atom. The second-order valence-corrected chi connectivity index (χ2v) is 8.09. The van der Waals surface area contributed by atoms with Crippen molar-refractivity contribution in [2.24, 2.45) is 0 Å². The van der Waals surface area contributed by atoms with E-state index in [1.54, 1.807) is 0 Å². The van der Waals surface area contributed by atoms with Gasteiger partial charge in [-0.3, -0.25) is 9.69 Å². The standard InChI is InChI=1S/C29H27NO5/c1-34-29(33)30(25-9-3-2-4-10-25)17-18-35-27-15-11-21(12-16-28(31)32)19-26(27)24-14-13-22-7-5-6-8-23(22)20-24/h2-11,13-15,19-20H,12,16-18H2,1H3,(H,31,32). The zero-order chi connectivity index (χ0) is 24.6. The Bertz CT molecular complexity index is 1320. The van der Waals surface area contributed by atoms with Crippen LogP contribution in [-0.4, -0.2) is 37.4 Å². The molecule has 0 fully saturated rings. The molecule has 1 N–H and O–H groups in total. The fourth-order valence-corrected chi connectivity index (χ4v) is 3.98. The van der Waals surface area contributed by atoms with Gasteiger partial charge in [0, 0.05) is 17.7 Å². The average molecular weight is 470 g/mol. The Labute approximate surface area is 204 Å². The number of carboxylic acid groups (broad SMARTS) is 1. The second-order valence-electron chi connectivity index (χ2n) is 8.09. The normalized spacial score (nSPS) is 10.7. The van der Waals surface area contributed by atoms with Gasteiger partial charge < -0.3 is 14.6 Å². The highest BCUT2D eigenvalue weighted by molar-refractivity contribution is 5.89. The van der Waals surface area contributed by atoms with E-state index in [0.29, 0.717) is 18.7 Å². The molecule has 0 saturated carbocycles. The van der Waals surface area contributed by atoms with Crippen molar-refractivity contribution in [3.05, 3.63) is 96.6 Å². The molecule has 0 heterocycles. The molecule has 4 rings (SSSR count). The number of methoxy groups -OCH3 is 1. The van der Waals surface area contributed by atoms with E-state index in [9.17, 15) is 9.59 Å². The number of amides is 1. The highest BCUT2D eigenvalue weighted by Crippen LogP contribution is 2.33. The maximum Gasteiger partial charge on any atom is 0.414 e. The van der Waals surface area contributed by atoms with Gasteiger partial charge in [0.25, 0.3) is 0 Å². The van der Waals surface area contributed by atoms with E-state index in [-0.39, 0.29) is 13.0 Å². The van der Waals surface area contributed by atoms with E-state index in [2.05, 4.69) is 24.3 Å². The number of carbonyl (C=O) groups excluding carboxylic acids is 1. The number of anilines is 1. The molecule has 6 nitrogen and oxygen atoms in total. The Morgan fingerprint density at radius 2 is 1.60 bits per heavy atom. The van der Waals surface area contributed by atoms with E-state index in [4.69, 9.17) is 14.6 Å². The number of aryl methyl sites for hydroxylation is 1. The summed E-state index contributed by atoms with van der Waals surface area (Å²) in [6, 6.07) is 29.3. The number of hydrogen-bond acceptors (Lipinski definition) is 4. The molecule has 0 atom stereocenters. The summed E-state index contributed by atoms with van der Waals surface area (Å²) in [7, 11) is 1.35. The predicted octanol–water partition coefficient (Wildman–Crippen LogP) is 6.18. The monoisotopic (exact) mass is 469 g/mol. The van der Waals surface area contributed by atoms with Crippen LogP contribution in [0.1, 0.15) is 12.0 Å².